The maximum atomic E-state index is 13.4. The van der Waals surface area contributed by atoms with Crippen LogP contribution < -0.4 is 5.73 Å². The smallest absolute Gasteiger partial charge is 0.146 e. The number of thiazole rings is 1. The van der Waals surface area contributed by atoms with Gasteiger partial charge in [0.25, 0.3) is 0 Å². The van der Waals surface area contributed by atoms with E-state index in [0.29, 0.717) is 11.3 Å². The molecule has 0 aliphatic rings. The minimum absolute atomic E-state index is 0.393. The summed E-state index contributed by atoms with van der Waals surface area (Å²) in [7, 11) is 0. The Morgan fingerprint density at radius 1 is 1.53 bits per heavy atom. The van der Waals surface area contributed by atoms with Crippen molar-refractivity contribution < 1.29 is 4.39 Å². The van der Waals surface area contributed by atoms with Crippen LogP contribution in [0.2, 0.25) is 0 Å². The van der Waals surface area contributed by atoms with Crippen molar-refractivity contribution in [3.63, 3.8) is 0 Å². The van der Waals surface area contributed by atoms with Crippen LogP contribution >= 0.6 is 11.3 Å². The molecule has 0 aliphatic heterocycles. The summed E-state index contributed by atoms with van der Waals surface area (Å²) in [5.41, 5.74) is 7.03. The van der Waals surface area contributed by atoms with Crippen LogP contribution in [0.4, 0.5) is 4.39 Å². The van der Waals surface area contributed by atoms with Gasteiger partial charge < -0.3 is 5.73 Å². The Balaban J connectivity index is 2.36. The quantitative estimate of drug-likeness (QED) is 0.847. The van der Waals surface area contributed by atoms with E-state index >= 15 is 0 Å². The predicted molar refractivity (Wildman–Crippen MR) is 57.1 cm³/mol. The molecule has 3 nitrogen and oxygen atoms in total. The van der Waals surface area contributed by atoms with Gasteiger partial charge in [-0.1, -0.05) is 0 Å². The second-order valence-electron chi connectivity index (χ2n) is 3.17. The van der Waals surface area contributed by atoms with Crippen LogP contribution in [-0.2, 0) is 0 Å². The average molecular weight is 223 g/mol. The second-order valence-corrected chi connectivity index (χ2v) is 4.23. The predicted octanol–water partition coefficient (Wildman–Crippen LogP) is 2.03. The summed E-state index contributed by atoms with van der Waals surface area (Å²) in [4.78, 5) is 7.91. The van der Waals surface area contributed by atoms with E-state index in [-0.39, 0.29) is 0 Å². The van der Waals surface area contributed by atoms with Gasteiger partial charge in [-0.15, -0.1) is 11.3 Å². The number of aryl methyl sites for hydroxylation is 1. The summed E-state index contributed by atoms with van der Waals surface area (Å²) >= 11 is 1.50. The fraction of sp³-hybridized carbons (Fsp3) is 0.200. The van der Waals surface area contributed by atoms with Crippen LogP contribution in [0.3, 0.4) is 0 Å². The van der Waals surface area contributed by atoms with E-state index in [1.165, 1.54) is 17.5 Å². The van der Waals surface area contributed by atoms with Gasteiger partial charge in [0.2, 0.25) is 0 Å². The molecule has 0 bridgehead atoms. The standard InChI is InChI=1S/C10H10FN3S/c1-6-14-9(5-15-6)10(12)7-2-3-13-4-8(7)11/h2-5,10H,12H2,1H3. The van der Waals surface area contributed by atoms with Crippen molar-refractivity contribution in [2.75, 3.05) is 0 Å². The summed E-state index contributed by atoms with van der Waals surface area (Å²) in [6, 6.07) is 1.06. The van der Waals surface area contributed by atoms with E-state index in [9.17, 15) is 4.39 Å². The van der Waals surface area contributed by atoms with Gasteiger partial charge in [-0.3, -0.25) is 4.98 Å². The Bertz CT molecular complexity index is 469. The van der Waals surface area contributed by atoms with Crippen LogP contribution in [0.15, 0.2) is 23.8 Å². The van der Waals surface area contributed by atoms with Gasteiger partial charge in [0.1, 0.15) is 5.82 Å². The molecule has 0 spiro atoms. The first-order chi connectivity index (χ1) is 7.18. The van der Waals surface area contributed by atoms with Gasteiger partial charge in [-0.2, -0.15) is 0 Å². The maximum absolute atomic E-state index is 13.4. The van der Waals surface area contributed by atoms with Crippen molar-refractivity contribution in [2.24, 2.45) is 5.73 Å². The Kier molecular flexibility index (Phi) is 2.75. The molecule has 2 aromatic rings. The molecule has 0 amide bonds. The molecule has 0 fully saturated rings. The lowest BCUT2D eigenvalue weighted by molar-refractivity contribution is 0.591. The number of hydrogen-bond acceptors (Lipinski definition) is 4. The first-order valence-corrected chi connectivity index (χ1v) is 5.33. The number of hydrogen-bond donors (Lipinski definition) is 1. The van der Waals surface area contributed by atoms with Crippen LogP contribution in [0, 0.1) is 12.7 Å². The molecule has 2 N–H and O–H groups in total. The van der Waals surface area contributed by atoms with Gasteiger partial charge in [0, 0.05) is 17.1 Å². The van der Waals surface area contributed by atoms with Gasteiger partial charge in [0.05, 0.1) is 22.9 Å². The molecule has 78 valence electrons. The largest absolute Gasteiger partial charge is 0.319 e. The Morgan fingerprint density at radius 3 is 2.93 bits per heavy atom. The van der Waals surface area contributed by atoms with Crippen molar-refractivity contribution in [2.45, 2.75) is 13.0 Å². The second kappa shape index (κ2) is 4.04. The highest BCUT2D eigenvalue weighted by atomic mass is 32.1. The van der Waals surface area contributed by atoms with E-state index in [2.05, 4.69) is 9.97 Å². The van der Waals surface area contributed by atoms with E-state index in [4.69, 9.17) is 5.73 Å². The lowest BCUT2D eigenvalue weighted by Gasteiger charge is -2.09. The van der Waals surface area contributed by atoms with E-state index in [0.717, 1.165) is 11.2 Å². The van der Waals surface area contributed by atoms with Gasteiger partial charge in [0.15, 0.2) is 0 Å². The van der Waals surface area contributed by atoms with Gasteiger partial charge in [-0.25, -0.2) is 9.37 Å². The van der Waals surface area contributed by atoms with Crippen LogP contribution in [0.1, 0.15) is 22.3 Å². The number of rotatable bonds is 2. The lowest BCUT2D eigenvalue weighted by atomic mass is 10.1. The summed E-state index contributed by atoms with van der Waals surface area (Å²) in [6.07, 6.45) is 2.69. The number of halogens is 1. The molecule has 15 heavy (non-hydrogen) atoms. The first-order valence-electron chi connectivity index (χ1n) is 4.45. The first kappa shape index (κ1) is 10.2. The molecule has 0 saturated carbocycles. The van der Waals surface area contributed by atoms with E-state index in [1.807, 2.05) is 12.3 Å². The molecule has 2 heterocycles. The Hall–Kier alpha value is -1.33. The summed E-state index contributed by atoms with van der Waals surface area (Å²) < 4.78 is 13.4. The van der Waals surface area contributed by atoms with Crippen molar-refractivity contribution in [3.05, 3.63) is 45.9 Å². The summed E-state index contributed by atoms with van der Waals surface area (Å²) in [5.74, 6) is -0.393. The molecule has 2 rings (SSSR count). The Morgan fingerprint density at radius 2 is 2.33 bits per heavy atom. The van der Waals surface area contributed by atoms with Crippen LogP contribution in [0.25, 0.3) is 0 Å². The zero-order chi connectivity index (χ0) is 10.8. The third-order valence-electron chi connectivity index (χ3n) is 2.09. The highest BCUT2D eigenvalue weighted by Gasteiger charge is 2.15. The number of nitrogens with zero attached hydrogens (tertiary/aromatic N) is 2. The number of pyridine rings is 1. The minimum Gasteiger partial charge on any atom is -0.319 e. The molecule has 0 radical (unpaired) electrons. The third kappa shape index (κ3) is 2.03. The molecular weight excluding hydrogens is 213 g/mol. The maximum Gasteiger partial charge on any atom is 0.146 e. The van der Waals surface area contributed by atoms with Crippen molar-refractivity contribution in [1.29, 1.82) is 0 Å². The highest BCUT2D eigenvalue weighted by Crippen LogP contribution is 2.22. The zero-order valence-corrected chi connectivity index (χ0v) is 8.96. The van der Waals surface area contributed by atoms with Gasteiger partial charge >= 0.3 is 0 Å². The third-order valence-corrected chi connectivity index (χ3v) is 2.89. The summed E-state index contributed by atoms with van der Waals surface area (Å²) in [6.45, 7) is 1.89. The molecular formula is C10H10FN3S. The molecule has 0 aliphatic carbocycles. The lowest BCUT2D eigenvalue weighted by Crippen LogP contribution is -2.14. The molecule has 5 heteroatoms. The van der Waals surface area contributed by atoms with Crippen molar-refractivity contribution in [3.8, 4) is 0 Å². The van der Waals surface area contributed by atoms with Crippen molar-refractivity contribution in [1.82, 2.24) is 9.97 Å². The Labute approximate surface area is 90.8 Å². The summed E-state index contributed by atoms with van der Waals surface area (Å²) in [5, 5.41) is 2.77. The topological polar surface area (TPSA) is 51.8 Å². The molecule has 2 aromatic heterocycles. The SMILES string of the molecule is Cc1nc(C(N)c2ccncc2F)cs1. The fourth-order valence-electron chi connectivity index (χ4n) is 1.32. The number of nitrogens with two attached hydrogens (primary N) is 1. The molecule has 1 unspecified atom stereocenters. The average Bonchev–Trinajstić information content (AvgIpc) is 2.65. The van der Waals surface area contributed by atoms with Crippen LogP contribution in [-0.4, -0.2) is 9.97 Å². The van der Waals surface area contributed by atoms with E-state index in [1.54, 1.807) is 6.07 Å². The fourth-order valence-corrected chi connectivity index (χ4v) is 1.97. The van der Waals surface area contributed by atoms with Gasteiger partial charge in [-0.05, 0) is 13.0 Å². The molecule has 0 aromatic carbocycles. The van der Waals surface area contributed by atoms with Crippen LogP contribution in [0.5, 0.6) is 0 Å². The molecule has 1 atom stereocenters. The highest BCUT2D eigenvalue weighted by molar-refractivity contribution is 7.09. The number of aromatic nitrogens is 2. The monoisotopic (exact) mass is 223 g/mol. The van der Waals surface area contributed by atoms with Crippen molar-refractivity contribution >= 4 is 11.3 Å². The normalized spacial score (nSPS) is 12.7. The molecule has 0 saturated heterocycles. The minimum atomic E-state index is -0.516. The van der Waals surface area contributed by atoms with E-state index < -0.39 is 11.9 Å². The zero-order valence-electron chi connectivity index (χ0n) is 8.14.